The van der Waals surface area contributed by atoms with Crippen LogP contribution in [-0.2, 0) is 9.84 Å². The van der Waals surface area contributed by atoms with Crippen molar-refractivity contribution in [1.82, 2.24) is 4.98 Å². The minimum atomic E-state index is -3.23. The van der Waals surface area contributed by atoms with E-state index in [4.69, 9.17) is 0 Å². The Hall–Kier alpha value is -2.91. The fraction of sp³-hybridized carbons (Fsp3) is 0.158. The van der Waals surface area contributed by atoms with Crippen LogP contribution in [0.3, 0.4) is 0 Å². The first-order valence-corrected chi connectivity index (χ1v) is 9.81. The van der Waals surface area contributed by atoms with E-state index in [9.17, 15) is 13.7 Å². The minimum absolute atomic E-state index is 0.0869. The fourth-order valence-electron chi connectivity index (χ4n) is 2.69. The Kier molecular flexibility index (Phi) is 4.68. The van der Waals surface area contributed by atoms with Crippen molar-refractivity contribution in [3.05, 3.63) is 71.8 Å². The second-order valence-corrected chi connectivity index (χ2v) is 8.07. The van der Waals surface area contributed by atoms with Crippen LogP contribution in [0.5, 0.6) is 0 Å². The van der Waals surface area contributed by atoms with Crippen molar-refractivity contribution in [1.29, 1.82) is 5.26 Å². The standard InChI is InChI=1S/C19H17N3O2S/c1-25(23,24)13-18(14-7-3-2-4-8-14)22-19-16(12-20)11-15-9-5-6-10-17(15)21-19/h2-11,18H,13H2,1H3,(H,21,22). The van der Waals surface area contributed by atoms with Crippen molar-refractivity contribution >= 4 is 26.6 Å². The number of benzene rings is 2. The quantitative estimate of drug-likeness (QED) is 0.762. The van der Waals surface area contributed by atoms with Crippen LogP contribution in [0.1, 0.15) is 17.2 Å². The highest BCUT2D eigenvalue weighted by molar-refractivity contribution is 7.90. The van der Waals surface area contributed by atoms with Gasteiger partial charge in [0, 0.05) is 11.6 Å². The summed E-state index contributed by atoms with van der Waals surface area (Å²) in [5, 5.41) is 13.5. The van der Waals surface area contributed by atoms with Gasteiger partial charge in [-0.05, 0) is 17.7 Å². The largest absolute Gasteiger partial charge is 0.361 e. The number of nitrogens with zero attached hydrogens (tertiary/aromatic N) is 2. The highest BCUT2D eigenvalue weighted by Gasteiger charge is 2.19. The van der Waals surface area contributed by atoms with Gasteiger partial charge in [-0.3, -0.25) is 0 Å². The molecule has 3 rings (SSSR count). The average molecular weight is 351 g/mol. The molecule has 0 aliphatic rings. The first kappa shape index (κ1) is 16.9. The third-order valence-electron chi connectivity index (χ3n) is 3.83. The van der Waals surface area contributed by atoms with E-state index in [1.165, 1.54) is 6.26 Å². The third-order valence-corrected chi connectivity index (χ3v) is 4.77. The number of nitriles is 1. The maximum absolute atomic E-state index is 11.8. The van der Waals surface area contributed by atoms with Crippen LogP contribution >= 0.6 is 0 Å². The van der Waals surface area contributed by atoms with Gasteiger partial charge in [0.2, 0.25) is 0 Å². The number of pyridine rings is 1. The van der Waals surface area contributed by atoms with E-state index in [0.29, 0.717) is 11.4 Å². The lowest BCUT2D eigenvalue weighted by molar-refractivity contribution is 0.597. The normalized spacial score (nSPS) is 12.5. The maximum atomic E-state index is 11.8. The summed E-state index contributed by atoms with van der Waals surface area (Å²) >= 11 is 0. The first-order chi connectivity index (χ1) is 12.0. The van der Waals surface area contributed by atoms with Crippen molar-refractivity contribution < 1.29 is 8.42 Å². The van der Waals surface area contributed by atoms with E-state index >= 15 is 0 Å². The molecule has 25 heavy (non-hydrogen) atoms. The molecule has 0 saturated heterocycles. The Labute approximate surface area is 146 Å². The summed E-state index contributed by atoms with van der Waals surface area (Å²) in [6.07, 6.45) is 1.20. The van der Waals surface area contributed by atoms with E-state index in [1.807, 2.05) is 54.6 Å². The molecule has 2 aromatic carbocycles. The van der Waals surface area contributed by atoms with Gasteiger partial charge < -0.3 is 5.32 Å². The summed E-state index contributed by atoms with van der Waals surface area (Å²) in [6.45, 7) is 0. The average Bonchev–Trinajstić information content (AvgIpc) is 2.60. The number of para-hydroxylation sites is 1. The van der Waals surface area contributed by atoms with Gasteiger partial charge in [0.25, 0.3) is 0 Å². The Bertz CT molecular complexity index is 1040. The van der Waals surface area contributed by atoms with Gasteiger partial charge in [-0.2, -0.15) is 5.26 Å². The zero-order chi connectivity index (χ0) is 17.9. The number of anilines is 1. The predicted octanol–water partition coefficient (Wildman–Crippen LogP) is 3.30. The van der Waals surface area contributed by atoms with Crippen LogP contribution in [0.15, 0.2) is 60.7 Å². The van der Waals surface area contributed by atoms with Crippen molar-refractivity contribution in [2.45, 2.75) is 6.04 Å². The number of rotatable bonds is 5. The summed E-state index contributed by atoms with van der Waals surface area (Å²) in [5.74, 6) is 0.301. The van der Waals surface area contributed by atoms with E-state index in [2.05, 4.69) is 16.4 Å². The summed E-state index contributed by atoms with van der Waals surface area (Å²) in [5.41, 5.74) is 1.95. The van der Waals surface area contributed by atoms with Crippen molar-refractivity contribution in [2.75, 3.05) is 17.3 Å². The molecular formula is C19H17N3O2S. The van der Waals surface area contributed by atoms with Crippen molar-refractivity contribution in [3.63, 3.8) is 0 Å². The van der Waals surface area contributed by atoms with Gasteiger partial charge in [-0.1, -0.05) is 48.5 Å². The number of nitrogens with one attached hydrogen (secondary N) is 1. The molecule has 1 aromatic heterocycles. The molecule has 1 atom stereocenters. The molecule has 0 saturated carbocycles. The minimum Gasteiger partial charge on any atom is -0.361 e. The van der Waals surface area contributed by atoms with Crippen LogP contribution in [0.2, 0.25) is 0 Å². The highest BCUT2D eigenvalue weighted by atomic mass is 32.2. The van der Waals surface area contributed by atoms with Crippen molar-refractivity contribution in [2.24, 2.45) is 0 Å². The summed E-state index contributed by atoms with van der Waals surface area (Å²) < 4.78 is 23.7. The lowest BCUT2D eigenvalue weighted by atomic mass is 10.1. The molecule has 0 radical (unpaired) electrons. The maximum Gasteiger partial charge on any atom is 0.149 e. The van der Waals surface area contributed by atoms with Crippen LogP contribution < -0.4 is 5.32 Å². The molecule has 1 heterocycles. The van der Waals surface area contributed by atoms with E-state index in [1.54, 1.807) is 6.07 Å². The van der Waals surface area contributed by atoms with Gasteiger partial charge in [0.1, 0.15) is 21.7 Å². The summed E-state index contributed by atoms with van der Waals surface area (Å²) in [4.78, 5) is 4.51. The van der Waals surface area contributed by atoms with E-state index in [0.717, 1.165) is 16.5 Å². The van der Waals surface area contributed by atoms with Crippen LogP contribution in [0.25, 0.3) is 10.9 Å². The molecule has 0 bridgehead atoms. The summed E-state index contributed by atoms with van der Waals surface area (Å²) in [6, 6.07) is 20.2. The van der Waals surface area contributed by atoms with Gasteiger partial charge >= 0.3 is 0 Å². The second-order valence-electron chi connectivity index (χ2n) is 5.89. The van der Waals surface area contributed by atoms with Gasteiger partial charge in [-0.25, -0.2) is 13.4 Å². The summed E-state index contributed by atoms with van der Waals surface area (Å²) in [7, 11) is -3.23. The SMILES string of the molecule is CS(=O)(=O)CC(Nc1nc2ccccc2cc1C#N)c1ccccc1. The zero-order valence-corrected chi connectivity index (χ0v) is 14.5. The second kappa shape index (κ2) is 6.91. The van der Waals surface area contributed by atoms with Crippen LogP contribution in [0, 0.1) is 11.3 Å². The third kappa shape index (κ3) is 4.14. The van der Waals surface area contributed by atoms with E-state index in [-0.39, 0.29) is 5.75 Å². The molecule has 3 aromatic rings. The lowest BCUT2D eigenvalue weighted by Gasteiger charge is -2.20. The molecule has 0 fully saturated rings. The topological polar surface area (TPSA) is 82.8 Å². The van der Waals surface area contributed by atoms with Gasteiger partial charge in [0.15, 0.2) is 0 Å². The number of hydrogen-bond acceptors (Lipinski definition) is 5. The molecule has 1 N–H and O–H groups in total. The monoisotopic (exact) mass is 351 g/mol. The Morgan fingerprint density at radius 1 is 1.12 bits per heavy atom. The lowest BCUT2D eigenvalue weighted by Crippen LogP contribution is -2.21. The fourth-order valence-corrected chi connectivity index (χ4v) is 3.57. The molecule has 5 nitrogen and oxygen atoms in total. The van der Waals surface area contributed by atoms with Crippen molar-refractivity contribution in [3.8, 4) is 6.07 Å². The van der Waals surface area contributed by atoms with Crippen LogP contribution in [-0.4, -0.2) is 25.4 Å². The first-order valence-electron chi connectivity index (χ1n) is 7.75. The smallest absolute Gasteiger partial charge is 0.149 e. The molecule has 0 amide bonds. The number of hydrogen-bond donors (Lipinski definition) is 1. The van der Waals surface area contributed by atoms with Gasteiger partial charge in [0.05, 0.1) is 22.9 Å². The van der Waals surface area contributed by atoms with Gasteiger partial charge in [-0.15, -0.1) is 0 Å². The Balaban J connectivity index is 2.04. The molecule has 0 aliphatic carbocycles. The molecule has 6 heteroatoms. The number of aromatic nitrogens is 1. The molecule has 126 valence electrons. The van der Waals surface area contributed by atoms with E-state index < -0.39 is 15.9 Å². The molecule has 0 spiro atoms. The highest BCUT2D eigenvalue weighted by Crippen LogP contribution is 2.25. The van der Waals surface area contributed by atoms with Crippen LogP contribution in [0.4, 0.5) is 5.82 Å². The number of fused-ring (bicyclic) bond motifs is 1. The Morgan fingerprint density at radius 2 is 1.80 bits per heavy atom. The molecule has 1 unspecified atom stereocenters. The molecular weight excluding hydrogens is 334 g/mol. The predicted molar refractivity (Wildman–Crippen MR) is 99.0 cm³/mol. The molecule has 0 aliphatic heterocycles. The zero-order valence-electron chi connectivity index (χ0n) is 13.7. The Morgan fingerprint density at radius 3 is 2.48 bits per heavy atom. The number of sulfone groups is 1.